The van der Waals surface area contributed by atoms with Gasteiger partial charge in [-0.3, -0.25) is 0 Å². The van der Waals surface area contributed by atoms with Gasteiger partial charge in [0.1, 0.15) is 11.5 Å². The number of rotatable bonds is 6. The van der Waals surface area contributed by atoms with Gasteiger partial charge in [-0.2, -0.15) is 8.42 Å². The Morgan fingerprint density at radius 3 is 1.92 bits per heavy atom. The van der Waals surface area contributed by atoms with E-state index in [-0.39, 0.29) is 22.6 Å². The van der Waals surface area contributed by atoms with Crippen molar-refractivity contribution >= 4 is 33.7 Å². The van der Waals surface area contributed by atoms with Crippen molar-refractivity contribution in [2.24, 2.45) is 0 Å². The van der Waals surface area contributed by atoms with Gasteiger partial charge in [-0.15, -0.1) is 11.6 Å². The molecule has 0 fully saturated rings. The van der Waals surface area contributed by atoms with Crippen LogP contribution >= 0.6 is 11.6 Å². The molecule has 0 aromatic heterocycles. The average molecular weight is 371 g/mol. The second-order valence-electron chi connectivity index (χ2n) is 4.49. The highest BCUT2D eigenvalue weighted by molar-refractivity contribution is 7.88. The van der Waals surface area contributed by atoms with Gasteiger partial charge in [-0.25, -0.2) is 9.59 Å². The molecule has 9 heteroatoms. The molecule has 2 rings (SSSR count). The van der Waals surface area contributed by atoms with Crippen LogP contribution in [-0.4, -0.2) is 30.7 Å². The molecule has 0 radical (unpaired) electrons. The van der Waals surface area contributed by atoms with Crippen LogP contribution in [0.4, 0.5) is 0 Å². The summed E-state index contributed by atoms with van der Waals surface area (Å²) in [4.78, 5) is 22.7. The number of hydrogen-bond donors (Lipinski definition) is 1. The summed E-state index contributed by atoms with van der Waals surface area (Å²) in [7, 11) is -3.86. The second kappa shape index (κ2) is 7.33. The first-order valence-electron chi connectivity index (χ1n) is 6.44. The Morgan fingerprint density at radius 1 is 0.917 bits per heavy atom. The third-order valence-corrected chi connectivity index (χ3v) is 4.27. The lowest BCUT2D eigenvalue weighted by atomic mass is 10.2. The van der Waals surface area contributed by atoms with Gasteiger partial charge in [0.15, 0.2) is 5.21 Å². The summed E-state index contributed by atoms with van der Waals surface area (Å²) in [6.45, 7) is 0. The molecule has 1 N–H and O–H groups in total. The lowest BCUT2D eigenvalue weighted by molar-refractivity contribution is 0.0696. The number of carboxylic acid groups (broad SMARTS) is 1. The Labute approximate surface area is 142 Å². The van der Waals surface area contributed by atoms with Gasteiger partial charge >= 0.3 is 22.1 Å². The zero-order chi connectivity index (χ0) is 17.7. The molecule has 7 nitrogen and oxygen atoms in total. The van der Waals surface area contributed by atoms with Crippen LogP contribution in [0.5, 0.6) is 11.5 Å². The monoisotopic (exact) mass is 370 g/mol. The number of hydrogen-bond acceptors (Lipinski definition) is 6. The van der Waals surface area contributed by atoms with Crippen LogP contribution in [0.1, 0.15) is 20.7 Å². The first-order valence-corrected chi connectivity index (χ1v) is 8.55. The summed E-state index contributed by atoms with van der Waals surface area (Å²) in [5, 5.41) is 8.10. The first kappa shape index (κ1) is 17.8. The summed E-state index contributed by atoms with van der Waals surface area (Å²) in [5.41, 5.74) is 0.227. The van der Waals surface area contributed by atoms with Crippen molar-refractivity contribution in [3.63, 3.8) is 0 Å². The fourth-order valence-electron chi connectivity index (χ4n) is 1.65. The molecule has 0 aliphatic heterocycles. The van der Waals surface area contributed by atoms with E-state index in [1.165, 1.54) is 48.5 Å². The van der Waals surface area contributed by atoms with Gasteiger partial charge in [-0.05, 0) is 48.5 Å². The number of carbonyl (C=O) groups is 2. The minimum atomic E-state index is -3.86. The van der Waals surface area contributed by atoms with Crippen molar-refractivity contribution in [1.29, 1.82) is 0 Å². The predicted molar refractivity (Wildman–Crippen MR) is 85.1 cm³/mol. The van der Waals surface area contributed by atoms with Gasteiger partial charge in [0, 0.05) is 0 Å². The van der Waals surface area contributed by atoms with E-state index in [0.29, 0.717) is 0 Å². The van der Waals surface area contributed by atoms with E-state index < -0.39 is 27.3 Å². The zero-order valence-corrected chi connectivity index (χ0v) is 13.6. The molecule has 0 bridgehead atoms. The number of carbonyl (C=O) groups excluding carboxylic acids is 1. The predicted octanol–water partition coefficient (Wildman–Crippen LogP) is 2.51. The number of ether oxygens (including phenoxy) is 1. The smallest absolute Gasteiger partial charge is 0.343 e. The molecule has 126 valence electrons. The van der Waals surface area contributed by atoms with Gasteiger partial charge < -0.3 is 14.0 Å². The minimum absolute atomic E-state index is 0.0120. The molecule has 24 heavy (non-hydrogen) atoms. The number of halogens is 1. The fraction of sp³-hybridized carbons (Fsp3) is 0.0667. The molecule has 0 unspecified atom stereocenters. The maximum Gasteiger partial charge on any atom is 0.343 e. The van der Waals surface area contributed by atoms with Crippen LogP contribution in [-0.2, 0) is 10.1 Å². The van der Waals surface area contributed by atoms with Crippen molar-refractivity contribution in [2.75, 3.05) is 5.21 Å². The summed E-state index contributed by atoms with van der Waals surface area (Å²) in [6.07, 6.45) is 0. The quantitative estimate of drug-likeness (QED) is 0.360. The van der Waals surface area contributed by atoms with Crippen molar-refractivity contribution in [3.05, 3.63) is 59.7 Å². The normalized spacial score (nSPS) is 10.9. The lowest BCUT2D eigenvalue weighted by Crippen LogP contribution is -2.11. The van der Waals surface area contributed by atoms with Crippen LogP contribution in [0, 0.1) is 0 Å². The van der Waals surface area contributed by atoms with E-state index in [2.05, 4.69) is 4.18 Å². The molecule has 0 aliphatic rings. The molecule has 0 atom stereocenters. The highest BCUT2D eigenvalue weighted by Crippen LogP contribution is 2.18. The lowest BCUT2D eigenvalue weighted by Gasteiger charge is -2.06. The second-order valence-corrected chi connectivity index (χ2v) is 6.65. The summed E-state index contributed by atoms with van der Waals surface area (Å²) >= 11 is 5.22. The standard InChI is InChI=1S/C15H11ClO7S/c16-9-24(20,21)23-13-7-3-11(4-8-13)15(19)22-12-5-1-10(2-6-12)14(17)18/h1-8H,9H2,(H,17,18). The molecular weight excluding hydrogens is 360 g/mol. The molecule has 2 aromatic rings. The molecule has 0 aliphatic carbocycles. The van der Waals surface area contributed by atoms with Gasteiger partial charge in [0.05, 0.1) is 11.1 Å². The van der Waals surface area contributed by atoms with E-state index in [1.807, 2.05) is 0 Å². The van der Waals surface area contributed by atoms with Crippen molar-refractivity contribution in [3.8, 4) is 11.5 Å². The van der Waals surface area contributed by atoms with E-state index >= 15 is 0 Å². The van der Waals surface area contributed by atoms with E-state index in [1.54, 1.807) is 0 Å². The fourth-order valence-corrected chi connectivity index (χ4v) is 2.23. The molecule has 2 aromatic carbocycles. The van der Waals surface area contributed by atoms with Gasteiger partial charge in [0.25, 0.3) is 0 Å². The maximum atomic E-state index is 12.0. The van der Waals surface area contributed by atoms with Crippen molar-refractivity contribution in [1.82, 2.24) is 0 Å². The molecule has 0 saturated carbocycles. The number of carboxylic acids is 1. The van der Waals surface area contributed by atoms with Crippen LogP contribution in [0.2, 0.25) is 0 Å². The Balaban J connectivity index is 2.06. The summed E-state index contributed by atoms with van der Waals surface area (Å²) in [5.74, 6) is -1.59. The first-order chi connectivity index (χ1) is 11.3. The summed E-state index contributed by atoms with van der Waals surface area (Å²) in [6, 6.07) is 10.5. The third kappa shape index (κ3) is 4.71. The number of alkyl halides is 1. The highest BCUT2D eigenvalue weighted by Gasteiger charge is 2.13. The molecular formula is C15H11ClO7S. The average Bonchev–Trinajstić information content (AvgIpc) is 2.55. The summed E-state index contributed by atoms with van der Waals surface area (Å²) < 4.78 is 32.2. The Bertz CT molecular complexity index is 842. The minimum Gasteiger partial charge on any atom is -0.478 e. The number of aromatic carboxylic acids is 1. The SMILES string of the molecule is O=C(O)c1ccc(OC(=O)c2ccc(OS(=O)(=O)CCl)cc2)cc1. The highest BCUT2D eigenvalue weighted by atomic mass is 35.5. The van der Waals surface area contributed by atoms with E-state index in [9.17, 15) is 18.0 Å². The van der Waals surface area contributed by atoms with E-state index in [0.717, 1.165) is 0 Å². The van der Waals surface area contributed by atoms with Crippen LogP contribution in [0.25, 0.3) is 0 Å². The number of benzene rings is 2. The van der Waals surface area contributed by atoms with Crippen LogP contribution in [0.15, 0.2) is 48.5 Å². The maximum absolute atomic E-state index is 12.0. The van der Waals surface area contributed by atoms with Crippen LogP contribution in [0.3, 0.4) is 0 Å². The van der Waals surface area contributed by atoms with Gasteiger partial charge in [0.2, 0.25) is 0 Å². The molecule has 0 amide bonds. The number of esters is 1. The topological polar surface area (TPSA) is 107 Å². The Morgan fingerprint density at radius 2 is 1.42 bits per heavy atom. The Hall–Kier alpha value is -2.58. The third-order valence-electron chi connectivity index (χ3n) is 2.76. The van der Waals surface area contributed by atoms with Crippen LogP contribution < -0.4 is 8.92 Å². The molecule has 0 spiro atoms. The Kier molecular flexibility index (Phi) is 5.42. The van der Waals surface area contributed by atoms with Crippen molar-refractivity contribution < 1.29 is 32.0 Å². The van der Waals surface area contributed by atoms with Gasteiger partial charge in [-0.1, -0.05) is 0 Å². The van der Waals surface area contributed by atoms with E-state index in [4.69, 9.17) is 21.4 Å². The van der Waals surface area contributed by atoms with Crippen molar-refractivity contribution in [2.45, 2.75) is 0 Å². The largest absolute Gasteiger partial charge is 0.478 e. The molecule has 0 heterocycles. The zero-order valence-electron chi connectivity index (χ0n) is 12.0. The molecule has 0 saturated heterocycles.